The number of hydrogen-bond acceptors (Lipinski definition) is 10. The first kappa shape index (κ1) is 24.2. The van der Waals surface area contributed by atoms with Gasteiger partial charge in [0.05, 0.1) is 36.6 Å². The average molecular weight is 436 g/mol. The number of rotatable bonds is 6. The summed E-state index contributed by atoms with van der Waals surface area (Å²) in [6.07, 6.45) is -6.00. The van der Waals surface area contributed by atoms with Crippen LogP contribution in [0.3, 0.4) is 0 Å². The highest BCUT2D eigenvalue weighted by Crippen LogP contribution is 2.32. The van der Waals surface area contributed by atoms with Crippen LogP contribution < -0.4 is 0 Å². The van der Waals surface area contributed by atoms with Crippen molar-refractivity contribution >= 4 is 0 Å². The minimum atomic E-state index is -0.897. The number of methoxy groups -OCH3 is 2. The number of ether oxygens (including phenoxy) is 7. The lowest BCUT2D eigenvalue weighted by molar-refractivity contribution is -0.333. The molecule has 3 rings (SSSR count). The summed E-state index contributed by atoms with van der Waals surface area (Å²) in [5.74, 6) is 0. The van der Waals surface area contributed by atoms with E-state index in [1.54, 1.807) is 27.9 Å². The van der Waals surface area contributed by atoms with Crippen LogP contribution in [-0.2, 0) is 33.2 Å². The first-order chi connectivity index (χ1) is 14.2. The predicted octanol–water partition coefficient (Wildman–Crippen LogP) is -0.0944. The van der Waals surface area contributed by atoms with Gasteiger partial charge in [0.1, 0.15) is 18.3 Å². The minimum absolute atomic E-state index is 0.204. The molecule has 0 saturated carbocycles. The van der Waals surface area contributed by atoms with Crippen LogP contribution in [0, 0.1) is 0 Å². The average Bonchev–Trinajstić information content (AvgIpc) is 2.69. The first-order valence-electron chi connectivity index (χ1n) is 10.6. The van der Waals surface area contributed by atoms with Gasteiger partial charge in [-0.3, -0.25) is 0 Å². The Morgan fingerprint density at radius 3 is 1.87 bits per heavy atom. The fraction of sp³-hybridized carbons (Fsp3) is 1.00. The quantitative estimate of drug-likeness (QED) is 0.520. The first-order valence-corrected chi connectivity index (χ1v) is 10.6. The predicted molar refractivity (Wildman–Crippen MR) is 102 cm³/mol. The van der Waals surface area contributed by atoms with Crippen molar-refractivity contribution in [2.24, 2.45) is 0 Å². The highest BCUT2D eigenvalue weighted by molar-refractivity contribution is 4.88. The molecule has 10 heteroatoms. The topological polar surface area (TPSA) is 125 Å². The van der Waals surface area contributed by atoms with Crippen LogP contribution in [-0.4, -0.2) is 103 Å². The van der Waals surface area contributed by atoms with Gasteiger partial charge in [0.25, 0.3) is 0 Å². The maximum Gasteiger partial charge on any atom is 0.161 e. The fourth-order valence-corrected chi connectivity index (χ4v) is 4.43. The summed E-state index contributed by atoms with van der Waals surface area (Å²) in [4.78, 5) is 0. The maximum atomic E-state index is 10.7. The van der Waals surface area contributed by atoms with Crippen molar-refractivity contribution in [3.8, 4) is 0 Å². The molecule has 3 saturated heterocycles. The Kier molecular flexibility index (Phi) is 8.47. The number of aliphatic hydroxyl groups excluding tert-OH is 3. The van der Waals surface area contributed by atoms with E-state index in [-0.39, 0.29) is 12.5 Å². The molecule has 0 spiro atoms. The highest BCUT2D eigenvalue weighted by Gasteiger charge is 2.45. The molecule has 30 heavy (non-hydrogen) atoms. The standard InChI is InChI=1S/C20H36O10/c1-9-18(23)13(24-4)8-17(27-9)29-19-10(2)28-16(6-12(19)21)30-20-11(3)26-15(22)7-14(20)25-5/h9-23H,6-8H2,1-5H3/t9-,10+,11+,12-,13+,14+,15+,16-,17+,18-,19+,20+/m0/s1. The van der Waals surface area contributed by atoms with E-state index in [0.717, 1.165) is 0 Å². The van der Waals surface area contributed by atoms with Gasteiger partial charge in [0, 0.05) is 33.5 Å². The third-order valence-electron chi connectivity index (χ3n) is 6.15. The molecule has 0 bridgehead atoms. The monoisotopic (exact) mass is 436 g/mol. The molecule has 3 N–H and O–H groups in total. The van der Waals surface area contributed by atoms with Gasteiger partial charge in [-0.25, -0.2) is 0 Å². The zero-order valence-corrected chi connectivity index (χ0v) is 18.2. The van der Waals surface area contributed by atoms with Crippen LogP contribution in [0.15, 0.2) is 0 Å². The molecule has 176 valence electrons. The van der Waals surface area contributed by atoms with Gasteiger partial charge in [0.2, 0.25) is 0 Å². The van der Waals surface area contributed by atoms with Crippen molar-refractivity contribution in [3.05, 3.63) is 0 Å². The van der Waals surface area contributed by atoms with Crippen molar-refractivity contribution in [3.63, 3.8) is 0 Å². The Morgan fingerprint density at radius 1 is 0.667 bits per heavy atom. The molecule has 0 aromatic rings. The number of hydrogen-bond donors (Lipinski definition) is 3. The summed E-state index contributed by atoms with van der Waals surface area (Å²) in [5, 5.41) is 30.6. The van der Waals surface area contributed by atoms with Gasteiger partial charge in [-0.1, -0.05) is 0 Å². The Labute approximate surface area is 177 Å². The van der Waals surface area contributed by atoms with Gasteiger partial charge >= 0.3 is 0 Å². The van der Waals surface area contributed by atoms with Crippen molar-refractivity contribution in [2.75, 3.05) is 14.2 Å². The van der Waals surface area contributed by atoms with E-state index in [9.17, 15) is 15.3 Å². The van der Waals surface area contributed by atoms with Crippen LogP contribution >= 0.6 is 0 Å². The van der Waals surface area contributed by atoms with E-state index in [1.807, 2.05) is 0 Å². The van der Waals surface area contributed by atoms with Gasteiger partial charge in [0.15, 0.2) is 18.9 Å². The Hall–Kier alpha value is -0.400. The molecule has 0 aliphatic carbocycles. The fourth-order valence-electron chi connectivity index (χ4n) is 4.43. The lowest BCUT2D eigenvalue weighted by Crippen LogP contribution is -2.56. The van der Waals surface area contributed by atoms with E-state index in [1.165, 1.54) is 7.11 Å². The second-order valence-electron chi connectivity index (χ2n) is 8.35. The lowest BCUT2D eigenvalue weighted by atomic mass is 9.99. The van der Waals surface area contributed by atoms with E-state index in [4.69, 9.17) is 33.2 Å². The summed E-state index contributed by atoms with van der Waals surface area (Å²) in [7, 11) is 3.10. The minimum Gasteiger partial charge on any atom is -0.390 e. The van der Waals surface area contributed by atoms with Crippen LogP contribution in [0.1, 0.15) is 40.0 Å². The molecular weight excluding hydrogens is 400 g/mol. The van der Waals surface area contributed by atoms with E-state index < -0.39 is 67.7 Å². The molecule has 12 atom stereocenters. The van der Waals surface area contributed by atoms with E-state index in [2.05, 4.69) is 0 Å². The van der Waals surface area contributed by atoms with Crippen molar-refractivity contribution in [2.45, 2.75) is 114 Å². The van der Waals surface area contributed by atoms with Crippen molar-refractivity contribution in [1.82, 2.24) is 0 Å². The van der Waals surface area contributed by atoms with E-state index in [0.29, 0.717) is 12.8 Å². The Morgan fingerprint density at radius 2 is 1.23 bits per heavy atom. The zero-order chi connectivity index (χ0) is 22.0. The van der Waals surface area contributed by atoms with Gasteiger partial charge in [-0.15, -0.1) is 0 Å². The summed E-state index contributed by atoms with van der Waals surface area (Å²) in [5.41, 5.74) is 0. The van der Waals surface area contributed by atoms with Crippen molar-refractivity contribution in [1.29, 1.82) is 0 Å². The highest BCUT2D eigenvalue weighted by atomic mass is 16.7. The molecule has 0 radical (unpaired) electrons. The Bertz CT molecular complexity index is 524. The Balaban J connectivity index is 1.56. The van der Waals surface area contributed by atoms with Gasteiger partial charge in [-0.2, -0.15) is 0 Å². The second kappa shape index (κ2) is 10.5. The lowest BCUT2D eigenvalue weighted by Gasteiger charge is -2.44. The van der Waals surface area contributed by atoms with Crippen molar-refractivity contribution < 1.29 is 48.5 Å². The molecule has 0 amide bonds. The summed E-state index contributed by atoms with van der Waals surface area (Å²) >= 11 is 0. The van der Waals surface area contributed by atoms with Crippen LogP contribution in [0.4, 0.5) is 0 Å². The molecule has 3 fully saturated rings. The van der Waals surface area contributed by atoms with Gasteiger partial charge in [-0.05, 0) is 20.8 Å². The number of aliphatic hydroxyl groups is 3. The molecule has 3 aliphatic heterocycles. The third kappa shape index (κ3) is 5.50. The smallest absolute Gasteiger partial charge is 0.161 e. The molecule has 10 nitrogen and oxygen atoms in total. The summed E-state index contributed by atoms with van der Waals surface area (Å²) in [6, 6.07) is 0. The van der Waals surface area contributed by atoms with Gasteiger partial charge < -0.3 is 48.5 Å². The van der Waals surface area contributed by atoms with Crippen LogP contribution in [0.25, 0.3) is 0 Å². The largest absolute Gasteiger partial charge is 0.390 e. The van der Waals surface area contributed by atoms with Crippen LogP contribution in [0.2, 0.25) is 0 Å². The third-order valence-corrected chi connectivity index (χ3v) is 6.15. The maximum absolute atomic E-state index is 10.7. The zero-order valence-electron chi connectivity index (χ0n) is 18.2. The molecular formula is C20H36O10. The summed E-state index contributed by atoms with van der Waals surface area (Å²) in [6.45, 7) is 5.36. The molecule has 0 aromatic carbocycles. The molecule has 3 aliphatic rings. The normalized spacial score (nSPS) is 50.4. The van der Waals surface area contributed by atoms with Crippen LogP contribution in [0.5, 0.6) is 0 Å². The molecule has 0 aromatic heterocycles. The molecule has 0 unspecified atom stereocenters. The SMILES string of the molecule is CO[C@@H]1C[C@@H](O[C@H]2[C@@H](O)C[C@H](O[C@@H]3[C@@H](C)O[C@@H](O)C[C@H]3OC)O[C@@H]2C)O[C@@H](C)[C@@H]1O. The molecule has 3 heterocycles. The van der Waals surface area contributed by atoms with E-state index >= 15 is 0 Å². The summed E-state index contributed by atoms with van der Waals surface area (Å²) < 4.78 is 40.0. The second-order valence-corrected chi connectivity index (χ2v) is 8.35.